The zero-order valence-electron chi connectivity index (χ0n) is 7.14. The Morgan fingerprint density at radius 3 is 2.27 bits per heavy atom. The third kappa shape index (κ3) is 1.42. The fourth-order valence-electron chi connectivity index (χ4n) is 1.10. The molecule has 11 heavy (non-hydrogen) atoms. The van der Waals surface area contributed by atoms with Crippen LogP contribution in [0.2, 0.25) is 0 Å². The summed E-state index contributed by atoms with van der Waals surface area (Å²) in [6.07, 6.45) is 0. The number of hydrogen-bond donors (Lipinski definition) is 1. The van der Waals surface area contributed by atoms with Crippen LogP contribution in [0.3, 0.4) is 0 Å². The highest BCUT2D eigenvalue weighted by atomic mass is 16.5. The van der Waals surface area contributed by atoms with Crippen molar-refractivity contribution in [2.24, 2.45) is 0 Å². The third-order valence-electron chi connectivity index (χ3n) is 2.23. The van der Waals surface area contributed by atoms with Crippen LogP contribution in [0.5, 0.6) is 0 Å². The minimum absolute atomic E-state index is 0.799. The highest BCUT2D eigenvalue weighted by molar-refractivity contribution is 5.46. The second-order valence-corrected chi connectivity index (χ2v) is 2.84. The van der Waals surface area contributed by atoms with Crippen molar-refractivity contribution in [3.05, 3.63) is 34.0 Å². The summed E-state index contributed by atoms with van der Waals surface area (Å²) in [5.74, 6) is 0. The van der Waals surface area contributed by atoms with Gasteiger partial charge >= 0.3 is 0 Å². The minimum atomic E-state index is 0.799. The zero-order valence-corrected chi connectivity index (χ0v) is 7.14. The van der Waals surface area contributed by atoms with E-state index in [0.29, 0.717) is 0 Å². The molecule has 0 aliphatic carbocycles. The molecule has 0 atom stereocenters. The molecule has 0 fully saturated rings. The third-order valence-corrected chi connectivity index (χ3v) is 2.23. The van der Waals surface area contributed by atoms with Gasteiger partial charge in [-0.25, -0.2) is 0 Å². The molecule has 0 bridgehead atoms. The number of nitrogens with two attached hydrogens (primary N) is 1. The Morgan fingerprint density at radius 1 is 1.09 bits per heavy atom. The molecule has 0 saturated carbocycles. The van der Waals surface area contributed by atoms with Crippen molar-refractivity contribution >= 4 is 5.69 Å². The molecule has 1 aromatic carbocycles. The van der Waals surface area contributed by atoms with Gasteiger partial charge in [0.2, 0.25) is 0 Å². The van der Waals surface area contributed by atoms with E-state index < -0.39 is 0 Å². The molecule has 0 radical (unpaired) electrons. The summed E-state index contributed by atoms with van der Waals surface area (Å²) >= 11 is 0. The average molecular weight is 151 g/mol. The Balaban J connectivity index is 3.25. The topological polar surface area (TPSA) is 39.7 Å². The Kier molecular flexibility index (Phi) is 2.27. The van der Waals surface area contributed by atoms with E-state index in [-0.39, 0.29) is 0 Å². The van der Waals surface area contributed by atoms with Crippen LogP contribution in [0.25, 0.3) is 0 Å². The first kappa shape index (κ1) is 8.24. The van der Waals surface area contributed by atoms with Crippen LogP contribution in [-0.4, -0.2) is 0 Å². The summed E-state index contributed by atoms with van der Waals surface area (Å²) in [6, 6.07) is 3.84. The van der Waals surface area contributed by atoms with Gasteiger partial charge < -0.3 is 10.7 Å². The van der Waals surface area contributed by atoms with Gasteiger partial charge in [-0.15, -0.1) is 0 Å². The quantitative estimate of drug-likeness (QED) is 0.477. The Morgan fingerprint density at radius 2 is 1.73 bits per heavy atom. The Hall–Kier alpha value is -0.860. The van der Waals surface area contributed by atoms with Gasteiger partial charge in [0.25, 0.3) is 0 Å². The molecule has 1 aromatic rings. The van der Waals surface area contributed by atoms with E-state index in [1.807, 2.05) is 26.0 Å². The number of rotatable bonds is 1. The molecule has 0 aliphatic rings. The van der Waals surface area contributed by atoms with Crippen LogP contribution in [0.4, 0.5) is 5.69 Å². The first-order valence-electron chi connectivity index (χ1n) is 3.69. The lowest BCUT2D eigenvalue weighted by molar-refractivity contribution is -0.497. The van der Waals surface area contributed by atoms with Gasteiger partial charge in [-0.1, -0.05) is 6.07 Å². The molecule has 0 heterocycles. The lowest BCUT2D eigenvalue weighted by atomic mass is 10.0. The largest absolute Gasteiger partial charge is 0.630 e. The number of benzene rings is 1. The summed E-state index contributed by atoms with van der Waals surface area (Å²) in [6.45, 7) is 6.07. The van der Waals surface area contributed by atoms with Gasteiger partial charge in [-0.3, -0.25) is 0 Å². The van der Waals surface area contributed by atoms with Crippen LogP contribution in [0, 0.1) is 26.0 Å². The van der Waals surface area contributed by atoms with E-state index in [1.165, 1.54) is 11.1 Å². The van der Waals surface area contributed by atoms with Crippen molar-refractivity contribution in [3.63, 3.8) is 0 Å². The van der Waals surface area contributed by atoms with Crippen LogP contribution < -0.4 is 5.48 Å². The van der Waals surface area contributed by atoms with E-state index in [4.69, 9.17) is 0 Å². The first-order valence-corrected chi connectivity index (χ1v) is 3.69. The van der Waals surface area contributed by atoms with E-state index in [2.05, 4.69) is 6.92 Å². The highest BCUT2D eigenvalue weighted by Crippen LogP contribution is 2.17. The molecule has 60 valence electrons. The predicted octanol–water partition coefficient (Wildman–Crippen LogP) is 1.30. The Bertz CT molecular complexity index is 269. The molecule has 0 spiro atoms. The van der Waals surface area contributed by atoms with Gasteiger partial charge in [0.05, 0.1) is 0 Å². The number of quaternary nitrogens is 1. The molecule has 2 heteroatoms. The number of aryl methyl sites for hydroxylation is 1. The van der Waals surface area contributed by atoms with Crippen molar-refractivity contribution in [1.82, 2.24) is 0 Å². The Labute approximate surface area is 66.8 Å². The van der Waals surface area contributed by atoms with Crippen molar-refractivity contribution in [1.29, 1.82) is 0 Å². The summed E-state index contributed by atoms with van der Waals surface area (Å²) in [4.78, 5) is 0. The van der Waals surface area contributed by atoms with E-state index in [1.54, 1.807) is 0 Å². The SMILES string of the molecule is Cc1ccc([NH2+][O-])c(C)c1C. The second-order valence-electron chi connectivity index (χ2n) is 2.84. The monoisotopic (exact) mass is 151 g/mol. The normalized spacial score (nSPS) is 10.2. The van der Waals surface area contributed by atoms with Gasteiger partial charge in [-0.2, -0.15) is 0 Å². The molecule has 0 aliphatic heterocycles. The molecule has 0 saturated heterocycles. The van der Waals surface area contributed by atoms with Crippen LogP contribution in [-0.2, 0) is 0 Å². The molecular formula is C9H13NO. The predicted molar refractivity (Wildman–Crippen MR) is 45.6 cm³/mol. The highest BCUT2D eigenvalue weighted by Gasteiger charge is 2.02. The average Bonchev–Trinajstić information content (AvgIpc) is 2.01. The molecule has 0 unspecified atom stereocenters. The molecule has 1 rings (SSSR count). The maximum Gasteiger partial charge on any atom is 0.132 e. The van der Waals surface area contributed by atoms with Crippen molar-refractivity contribution in [3.8, 4) is 0 Å². The fourth-order valence-corrected chi connectivity index (χ4v) is 1.10. The smallest absolute Gasteiger partial charge is 0.132 e. The van der Waals surface area contributed by atoms with Crippen LogP contribution in [0.1, 0.15) is 16.7 Å². The lowest BCUT2D eigenvalue weighted by Gasteiger charge is -2.09. The second kappa shape index (κ2) is 3.03. The lowest BCUT2D eigenvalue weighted by Crippen LogP contribution is -2.70. The zero-order chi connectivity index (χ0) is 8.43. The van der Waals surface area contributed by atoms with Crippen molar-refractivity contribution in [2.45, 2.75) is 20.8 Å². The van der Waals surface area contributed by atoms with Crippen molar-refractivity contribution < 1.29 is 5.48 Å². The van der Waals surface area contributed by atoms with E-state index >= 15 is 0 Å². The fraction of sp³-hybridized carbons (Fsp3) is 0.333. The van der Waals surface area contributed by atoms with Gasteiger partial charge in [0, 0.05) is 5.56 Å². The summed E-state index contributed by atoms with van der Waals surface area (Å²) in [5.41, 5.74) is 5.26. The van der Waals surface area contributed by atoms with E-state index in [0.717, 1.165) is 16.7 Å². The molecule has 2 nitrogen and oxygen atoms in total. The summed E-state index contributed by atoms with van der Waals surface area (Å²) in [7, 11) is 0. The van der Waals surface area contributed by atoms with Gasteiger partial charge in [-0.05, 0) is 38.0 Å². The van der Waals surface area contributed by atoms with Crippen molar-refractivity contribution in [2.75, 3.05) is 0 Å². The molecular weight excluding hydrogens is 138 g/mol. The van der Waals surface area contributed by atoms with Crippen LogP contribution in [0.15, 0.2) is 12.1 Å². The van der Waals surface area contributed by atoms with Gasteiger partial charge in [0.15, 0.2) is 0 Å². The standard InChI is InChI=1S/C9H13NO/c1-6-4-5-9(10-11)8(3)7(6)2/h4-5H,10H2,1-3H3. The van der Waals surface area contributed by atoms with Gasteiger partial charge in [0.1, 0.15) is 5.69 Å². The summed E-state index contributed by atoms with van der Waals surface area (Å²) in [5, 5.41) is 10.5. The maximum absolute atomic E-state index is 10.5. The van der Waals surface area contributed by atoms with Crippen LogP contribution >= 0.6 is 0 Å². The number of hydrogen-bond acceptors (Lipinski definition) is 1. The van der Waals surface area contributed by atoms with E-state index in [9.17, 15) is 5.21 Å². The molecule has 0 amide bonds. The molecule has 0 aromatic heterocycles. The minimum Gasteiger partial charge on any atom is -0.630 e. The summed E-state index contributed by atoms with van der Waals surface area (Å²) < 4.78 is 0. The molecule has 2 N–H and O–H groups in total. The first-order chi connectivity index (χ1) is 5.16. The maximum atomic E-state index is 10.5.